The maximum Gasteiger partial charge on any atom is 0.221 e. The van der Waals surface area contributed by atoms with Crippen LogP contribution in [0.5, 0.6) is 0 Å². The number of pyridine rings is 1. The van der Waals surface area contributed by atoms with Gasteiger partial charge in [0, 0.05) is 43.7 Å². The lowest BCUT2D eigenvalue weighted by molar-refractivity contribution is -0.114. The monoisotopic (exact) mass is 402 g/mol. The minimum atomic E-state index is -0.0594. The Hall–Kier alpha value is -2.76. The Balaban J connectivity index is 1.39. The Bertz CT molecular complexity index is 1000. The van der Waals surface area contributed by atoms with Crippen molar-refractivity contribution in [2.75, 3.05) is 25.5 Å². The van der Waals surface area contributed by atoms with E-state index in [4.69, 9.17) is 4.98 Å². The van der Waals surface area contributed by atoms with Crippen LogP contribution in [0.1, 0.15) is 31.0 Å². The van der Waals surface area contributed by atoms with E-state index in [-0.39, 0.29) is 5.91 Å². The van der Waals surface area contributed by atoms with Gasteiger partial charge in [0.2, 0.25) is 5.91 Å². The summed E-state index contributed by atoms with van der Waals surface area (Å²) in [5.74, 6) is -0.0594. The molecule has 1 aliphatic heterocycles. The van der Waals surface area contributed by atoms with Gasteiger partial charge in [0.25, 0.3) is 0 Å². The number of benzene rings is 2. The second-order valence-corrected chi connectivity index (χ2v) is 8.32. The van der Waals surface area contributed by atoms with E-state index in [1.165, 1.54) is 25.3 Å². The molecule has 5 nitrogen and oxygen atoms in total. The standard InChI is InChI=1S/C25H30N4O/c1-19(30)26-22-12-13-25-21(15-22)10-11-23(27-25)17-29-14-6-9-24(18-29)28(2)16-20-7-4-3-5-8-20/h3-5,7-8,10-13,15,24H,6,9,14,16-18H2,1-2H3,(H,26,30). The van der Waals surface area contributed by atoms with Crippen molar-refractivity contribution in [2.24, 2.45) is 0 Å². The van der Waals surface area contributed by atoms with Crippen LogP contribution < -0.4 is 5.32 Å². The highest BCUT2D eigenvalue weighted by molar-refractivity contribution is 5.92. The Morgan fingerprint density at radius 1 is 1.17 bits per heavy atom. The first-order valence-corrected chi connectivity index (χ1v) is 10.7. The highest BCUT2D eigenvalue weighted by atomic mass is 16.1. The van der Waals surface area contributed by atoms with Crippen LogP contribution in [0.3, 0.4) is 0 Å². The van der Waals surface area contributed by atoms with E-state index in [2.05, 4.69) is 64.6 Å². The fourth-order valence-electron chi connectivity index (χ4n) is 4.30. The van der Waals surface area contributed by atoms with E-state index < -0.39 is 0 Å². The predicted molar refractivity (Wildman–Crippen MR) is 122 cm³/mol. The minimum absolute atomic E-state index is 0.0594. The zero-order valence-electron chi connectivity index (χ0n) is 17.8. The quantitative estimate of drug-likeness (QED) is 0.668. The van der Waals surface area contributed by atoms with Crippen LogP contribution in [0, 0.1) is 0 Å². The first-order chi connectivity index (χ1) is 14.6. The summed E-state index contributed by atoms with van der Waals surface area (Å²) >= 11 is 0. The van der Waals surface area contributed by atoms with Crippen molar-refractivity contribution in [3.63, 3.8) is 0 Å². The molecule has 2 aromatic carbocycles. The molecule has 0 aliphatic carbocycles. The van der Waals surface area contributed by atoms with E-state index in [1.54, 1.807) is 0 Å². The average molecular weight is 403 g/mol. The van der Waals surface area contributed by atoms with Gasteiger partial charge in [-0.3, -0.25) is 19.6 Å². The van der Waals surface area contributed by atoms with Crippen molar-refractivity contribution in [1.29, 1.82) is 0 Å². The number of nitrogens with one attached hydrogen (secondary N) is 1. The number of hydrogen-bond acceptors (Lipinski definition) is 4. The predicted octanol–water partition coefficient (Wildman–Crippen LogP) is 4.29. The number of likely N-dealkylation sites (tertiary alicyclic amines) is 1. The molecule has 30 heavy (non-hydrogen) atoms. The molecule has 1 unspecified atom stereocenters. The van der Waals surface area contributed by atoms with Crippen LogP contribution in [-0.4, -0.2) is 46.9 Å². The molecular weight excluding hydrogens is 372 g/mol. The molecule has 3 aromatic rings. The fraction of sp³-hybridized carbons (Fsp3) is 0.360. The third-order valence-corrected chi connectivity index (χ3v) is 5.83. The van der Waals surface area contributed by atoms with E-state index in [1.807, 2.05) is 18.2 Å². The molecule has 156 valence electrons. The van der Waals surface area contributed by atoms with Gasteiger partial charge in [-0.15, -0.1) is 0 Å². The molecule has 1 aromatic heterocycles. The number of carbonyl (C=O) groups is 1. The number of rotatable bonds is 6. The van der Waals surface area contributed by atoms with Crippen molar-refractivity contribution in [1.82, 2.24) is 14.8 Å². The number of hydrogen-bond donors (Lipinski definition) is 1. The van der Waals surface area contributed by atoms with Crippen molar-refractivity contribution >= 4 is 22.5 Å². The molecule has 1 saturated heterocycles. The summed E-state index contributed by atoms with van der Waals surface area (Å²) in [5, 5.41) is 3.88. The normalized spacial score (nSPS) is 17.4. The van der Waals surface area contributed by atoms with Crippen molar-refractivity contribution in [2.45, 2.75) is 38.9 Å². The zero-order chi connectivity index (χ0) is 20.9. The van der Waals surface area contributed by atoms with Crippen molar-refractivity contribution in [3.05, 3.63) is 71.9 Å². The SMILES string of the molecule is CC(=O)Nc1ccc2nc(CN3CCCC(N(C)Cc4ccccc4)C3)ccc2c1. The van der Waals surface area contributed by atoms with Crippen LogP contribution in [0.25, 0.3) is 10.9 Å². The molecule has 1 fully saturated rings. The first kappa shape index (κ1) is 20.5. The van der Waals surface area contributed by atoms with Gasteiger partial charge in [-0.2, -0.15) is 0 Å². The summed E-state index contributed by atoms with van der Waals surface area (Å²) in [4.78, 5) is 21.1. The molecule has 1 aliphatic rings. The van der Waals surface area contributed by atoms with Crippen LogP contribution >= 0.6 is 0 Å². The smallest absolute Gasteiger partial charge is 0.221 e. The second-order valence-electron chi connectivity index (χ2n) is 8.32. The summed E-state index contributed by atoms with van der Waals surface area (Å²) in [7, 11) is 2.24. The van der Waals surface area contributed by atoms with Crippen LogP contribution in [0.4, 0.5) is 5.69 Å². The van der Waals surface area contributed by atoms with E-state index in [0.717, 1.165) is 48.5 Å². The first-order valence-electron chi connectivity index (χ1n) is 10.7. The van der Waals surface area contributed by atoms with E-state index in [9.17, 15) is 4.79 Å². The highest BCUT2D eigenvalue weighted by Gasteiger charge is 2.23. The lowest BCUT2D eigenvalue weighted by atomic mass is 10.0. The van der Waals surface area contributed by atoms with Gasteiger partial charge >= 0.3 is 0 Å². The maximum absolute atomic E-state index is 11.3. The summed E-state index contributed by atoms with van der Waals surface area (Å²) in [6, 6.07) is 21.4. The highest BCUT2D eigenvalue weighted by Crippen LogP contribution is 2.21. The van der Waals surface area contributed by atoms with Crippen molar-refractivity contribution < 1.29 is 4.79 Å². The summed E-state index contributed by atoms with van der Waals surface area (Å²) < 4.78 is 0. The minimum Gasteiger partial charge on any atom is -0.326 e. The van der Waals surface area contributed by atoms with Crippen LogP contribution in [-0.2, 0) is 17.9 Å². The number of fused-ring (bicyclic) bond motifs is 1. The van der Waals surface area contributed by atoms with E-state index in [0.29, 0.717) is 6.04 Å². The molecule has 0 spiro atoms. The van der Waals surface area contributed by atoms with Gasteiger partial charge in [-0.1, -0.05) is 36.4 Å². The zero-order valence-corrected chi connectivity index (χ0v) is 17.8. The second kappa shape index (κ2) is 9.37. The Morgan fingerprint density at radius 3 is 2.80 bits per heavy atom. The Kier molecular flexibility index (Phi) is 6.41. The maximum atomic E-state index is 11.3. The van der Waals surface area contributed by atoms with Gasteiger partial charge < -0.3 is 5.32 Å². The third kappa shape index (κ3) is 5.23. The summed E-state index contributed by atoms with van der Waals surface area (Å²) in [5.41, 5.74) is 4.24. The molecule has 5 heteroatoms. The summed E-state index contributed by atoms with van der Waals surface area (Å²) in [6.45, 7) is 5.58. The topological polar surface area (TPSA) is 48.5 Å². The largest absolute Gasteiger partial charge is 0.326 e. The van der Waals surface area contributed by atoms with E-state index >= 15 is 0 Å². The number of amides is 1. The average Bonchev–Trinajstić information content (AvgIpc) is 2.74. The lowest BCUT2D eigenvalue weighted by Crippen LogP contribution is -2.45. The Labute approximate surface area is 178 Å². The number of nitrogens with zero attached hydrogens (tertiary/aromatic N) is 3. The molecule has 1 N–H and O–H groups in total. The van der Waals surface area contributed by atoms with Gasteiger partial charge in [0.1, 0.15) is 0 Å². The molecular formula is C25H30N4O. The summed E-state index contributed by atoms with van der Waals surface area (Å²) in [6.07, 6.45) is 2.47. The molecule has 1 amide bonds. The molecule has 0 bridgehead atoms. The number of aromatic nitrogens is 1. The van der Waals surface area contributed by atoms with Crippen LogP contribution in [0.15, 0.2) is 60.7 Å². The molecule has 0 saturated carbocycles. The number of likely N-dealkylation sites (N-methyl/N-ethyl adjacent to an activating group) is 1. The Morgan fingerprint density at radius 2 is 2.00 bits per heavy atom. The molecule has 4 rings (SSSR count). The number of anilines is 1. The number of piperidine rings is 1. The molecule has 2 heterocycles. The van der Waals surface area contributed by atoms with Crippen molar-refractivity contribution in [3.8, 4) is 0 Å². The van der Waals surface area contributed by atoms with Gasteiger partial charge in [-0.05, 0) is 56.3 Å². The third-order valence-electron chi connectivity index (χ3n) is 5.83. The van der Waals surface area contributed by atoms with Gasteiger partial charge in [0.05, 0.1) is 11.2 Å². The van der Waals surface area contributed by atoms with Crippen LogP contribution in [0.2, 0.25) is 0 Å². The molecule has 1 atom stereocenters. The van der Waals surface area contributed by atoms with Gasteiger partial charge in [0.15, 0.2) is 0 Å². The molecule has 0 radical (unpaired) electrons. The lowest BCUT2D eigenvalue weighted by Gasteiger charge is -2.37. The fourth-order valence-corrected chi connectivity index (χ4v) is 4.30. The number of carbonyl (C=O) groups excluding carboxylic acids is 1. The van der Waals surface area contributed by atoms with Gasteiger partial charge in [-0.25, -0.2) is 0 Å².